The molecule has 0 aliphatic carbocycles. The molecule has 0 aromatic carbocycles. The third kappa shape index (κ3) is 7.54. The van der Waals surface area contributed by atoms with Gasteiger partial charge in [-0.2, -0.15) is 0 Å². The first-order valence-corrected chi connectivity index (χ1v) is 5.91. The topological polar surface area (TPSA) is 73.6 Å². The second-order valence-electron chi connectivity index (χ2n) is 4.16. The van der Waals surface area contributed by atoms with Crippen LogP contribution in [0.3, 0.4) is 0 Å². The van der Waals surface area contributed by atoms with E-state index in [4.69, 9.17) is 15.2 Å². The minimum Gasteiger partial charge on any atom is -0.378 e. The van der Waals surface area contributed by atoms with Gasteiger partial charge in [0.2, 0.25) is 5.91 Å². The molecule has 6 heteroatoms. The van der Waals surface area contributed by atoms with Gasteiger partial charge < -0.3 is 20.5 Å². The van der Waals surface area contributed by atoms with E-state index in [1.54, 1.807) is 0 Å². The van der Waals surface area contributed by atoms with Gasteiger partial charge >= 0.3 is 0 Å². The number of nitrogens with one attached hydrogen (secondary N) is 1. The molecule has 1 fully saturated rings. The van der Waals surface area contributed by atoms with E-state index in [1.807, 2.05) is 6.92 Å². The average molecular weight is 267 g/mol. The summed E-state index contributed by atoms with van der Waals surface area (Å²) in [5, 5.41) is 2.78. The summed E-state index contributed by atoms with van der Waals surface area (Å²) in [5.74, 6) is -0.00899. The predicted octanol–water partition coefficient (Wildman–Crippen LogP) is 0.457. The number of halogens is 1. The van der Waals surface area contributed by atoms with E-state index < -0.39 is 0 Å². The summed E-state index contributed by atoms with van der Waals surface area (Å²) in [6.07, 6.45) is 2.79. The molecule has 0 aromatic heterocycles. The van der Waals surface area contributed by atoms with Crippen molar-refractivity contribution in [3.8, 4) is 0 Å². The maximum absolute atomic E-state index is 11.3. The highest BCUT2D eigenvalue weighted by atomic mass is 35.5. The molecule has 0 spiro atoms. The molecule has 1 rings (SSSR count). The molecule has 1 unspecified atom stereocenters. The Balaban J connectivity index is 0.00000256. The zero-order chi connectivity index (χ0) is 11.8. The van der Waals surface area contributed by atoms with Crippen molar-refractivity contribution in [3.05, 3.63) is 0 Å². The van der Waals surface area contributed by atoms with Crippen molar-refractivity contribution in [1.29, 1.82) is 0 Å². The highest BCUT2D eigenvalue weighted by Gasteiger charge is 2.15. The van der Waals surface area contributed by atoms with Crippen LogP contribution in [0.1, 0.15) is 26.2 Å². The zero-order valence-electron chi connectivity index (χ0n) is 10.3. The van der Waals surface area contributed by atoms with Crippen LogP contribution in [0, 0.1) is 0 Å². The third-order valence-electron chi connectivity index (χ3n) is 2.56. The zero-order valence-corrected chi connectivity index (χ0v) is 11.1. The van der Waals surface area contributed by atoms with Crippen molar-refractivity contribution in [3.63, 3.8) is 0 Å². The molecular formula is C11H23ClN2O3. The first-order valence-electron chi connectivity index (χ1n) is 5.91. The van der Waals surface area contributed by atoms with Crippen LogP contribution in [-0.4, -0.2) is 44.4 Å². The molecule has 3 N–H and O–H groups in total. The average Bonchev–Trinajstić information content (AvgIpc) is 2.77. The normalized spacial score (nSPS) is 20.7. The number of carbonyl (C=O) groups excluding carboxylic acids is 1. The van der Waals surface area contributed by atoms with Crippen LogP contribution in [-0.2, 0) is 14.3 Å². The standard InChI is InChI=1S/C11H22N2O3.ClH/c1-9(7-12)13-11(14)4-6-15-8-10-3-2-5-16-10;/h9-10H,2-8,12H2,1H3,(H,13,14);1H/t9-,10?;/m0./s1. The molecule has 1 aliphatic rings. The number of rotatable bonds is 7. The third-order valence-corrected chi connectivity index (χ3v) is 2.56. The van der Waals surface area contributed by atoms with Gasteiger partial charge in [0, 0.05) is 25.6 Å². The van der Waals surface area contributed by atoms with Crippen LogP contribution in [0.2, 0.25) is 0 Å². The molecule has 0 radical (unpaired) electrons. The molecule has 1 saturated heterocycles. The summed E-state index contributed by atoms with van der Waals surface area (Å²) in [6.45, 7) is 4.22. The number of amides is 1. The van der Waals surface area contributed by atoms with Crippen LogP contribution >= 0.6 is 12.4 Å². The smallest absolute Gasteiger partial charge is 0.222 e. The fraction of sp³-hybridized carbons (Fsp3) is 0.909. The second kappa shape index (κ2) is 9.65. The number of hydrogen-bond donors (Lipinski definition) is 2. The Bertz CT molecular complexity index is 211. The maximum atomic E-state index is 11.3. The van der Waals surface area contributed by atoms with E-state index in [9.17, 15) is 4.79 Å². The molecular weight excluding hydrogens is 244 g/mol. The highest BCUT2D eigenvalue weighted by Crippen LogP contribution is 2.11. The summed E-state index contributed by atoms with van der Waals surface area (Å²) >= 11 is 0. The monoisotopic (exact) mass is 266 g/mol. The summed E-state index contributed by atoms with van der Waals surface area (Å²) in [6, 6.07) is 0.0330. The molecule has 0 saturated carbocycles. The minimum atomic E-state index is -0.00899. The molecule has 2 atom stereocenters. The van der Waals surface area contributed by atoms with E-state index in [0.29, 0.717) is 26.2 Å². The fourth-order valence-electron chi connectivity index (χ4n) is 1.56. The van der Waals surface area contributed by atoms with Gasteiger partial charge in [-0.25, -0.2) is 0 Å². The van der Waals surface area contributed by atoms with E-state index in [1.165, 1.54) is 0 Å². The summed E-state index contributed by atoms with van der Waals surface area (Å²) in [7, 11) is 0. The molecule has 5 nitrogen and oxygen atoms in total. The number of hydrogen-bond acceptors (Lipinski definition) is 4. The van der Waals surface area contributed by atoms with Crippen molar-refractivity contribution < 1.29 is 14.3 Å². The lowest BCUT2D eigenvalue weighted by Gasteiger charge is -2.12. The molecule has 0 bridgehead atoms. The maximum Gasteiger partial charge on any atom is 0.222 e. The Morgan fingerprint density at radius 3 is 3.00 bits per heavy atom. The van der Waals surface area contributed by atoms with Gasteiger partial charge in [-0.05, 0) is 19.8 Å². The second-order valence-corrected chi connectivity index (χ2v) is 4.16. The molecule has 1 heterocycles. The molecule has 0 aromatic rings. The lowest BCUT2D eigenvalue weighted by Crippen LogP contribution is -2.38. The minimum absolute atomic E-state index is 0. The Morgan fingerprint density at radius 2 is 2.41 bits per heavy atom. The van der Waals surface area contributed by atoms with Crippen molar-refractivity contribution in [2.45, 2.75) is 38.3 Å². The molecule has 1 aliphatic heterocycles. The summed E-state index contributed by atoms with van der Waals surface area (Å²) < 4.78 is 10.8. The quantitative estimate of drug-likeness (QED) is 0.657. The Hall–Kier alpha value is -0.360. The first kappa shape index (κ1) is 16.6. The van der Waals surface area contributed by atoms with Gasteiger partial charge in [-0.3, -0.25) is 4.79 Å². The van der Waals surface area contributed by atoms with Gasteiger partial charge in [0.25, 0.3) is 0 Å². The van der Waals surface area contributed by atoms with Crippen molar-refractivity contribution in [2.24, 2.45) is 5.73 Å². The Kier molecular flexibility index (Phi) is 9.44. The SMILES string of the molecule is C[C@@H](CN)NC(=O)CCOCC1CCCO1.Cl. The molecule has 102 valence electrons. The van der Waals surface area contributed by atoms with Crippen LogP contribution in [0.5, 0.6) is 0 Å². The van der Waals surface area contributed by atoms with Crippen molar-refractivity contribution >= 4 is 18.3 Å². The van der Waals surface area contributed by atoms with Gasteiger partial charge in [0.1, 0.15) is 0 Å². The lowest BCUT2D eigenvalue weighted by molar-refractivity contribution is -0.123. The van der Waals surface area contributed by atoms with E-state index in [0.717, 1.165) is 19.4 Å². The fourth-order valence-corrected chi connectivity index (χ4v) is 1.56. The summed E-state index contributed by atoms with van der Waals surface area (Å²) in [4.78, 5) is 11.3. The van der Waals surface area contributed by atoms with Crippen molar-refractivity contribution in [1.82, 2.24) is 5.32 Å². The van der Waals surface area contributed by atoms with E-state index >= 15 is 0 Å². The predicted molar refractivity (Wildman–Crippen MR) is 68.3 cm³/mol. The Labute approximate surface area is 109 Å². The van der Waals surface area contributed by atoms with Gasteiger partial charge in [-0.1, -0.05) is 0 Å². The molecule has 17 heavy (non-hydrogen) atoms. The van der Waals surface area contributed by atoms with E-state index in [-0.39, 0.29) is 30.5 Å². The lowest BCUT2D eigenvalue weighted by atomic mass is 10.2. The van der Waals surface area contributed by atoms with Gasteiger partial charge in [0.15, 0.2) is 0 Å². The van der Waals surface area contributed by atoms with Gasteiger partial charge in [-0.15, -0.1) is 12.4 Å². The number of nitrogens with two attached hydrogens (primary N) is 1. The highest BCUT2D eigenvalue weighted by molar-refractivity contribution is 5.85. The van der Waals surface area contributed by atoms with Crippen LogP contribution in [0.25, 0.3) is 0 Å². The number of carbonyl (C=O) groups is 1. The summed E-state index contributed by atoms with van der Waals surface area (Å²) in [5.41, 5.74) is 5.40. The van der Waals surface area contributed by atoms with E-state index in [2.05, 4.69) is 5.32 Å². The van der Waals surface area contributed by atoms with Gasteiger partial charge in [0.05, 0.1) is 19.3 Å². The largest absolute Gasteiger partial charge is 0.378 e. The first-order chi connectivity index (χ1) is 7.72. The molecule has 1 amide bonds. The van der Waals surface area contributed by atoms with Crippen LogP contribution in [0.15, 0.2) is 0 Å². The number of ether oxygens (including phenoxy) is 2. The Morgan fingerprint density at radius 1 is 1.65 bits per heavy atom. The van der Waals surface area contributed by atoms with Crippen LogP contribution in [0.4, 0.5) is 0 Å². The van der Waals surface area contributed by atoms with Crippen LogP contribution < -0.4 is 11.1 Å². The van der Waals surface area contributed by atoms with Crippen molar-refractivity contribution in [2.75, 3.05) is 26.4 Å².